The minimum absolute atomic E-state index is 0.0625. The number of aliphatic carboxylic acids is 3. The van der Waals surface area contributed by atoms with Gasteiger partial charge in [0.25, 0.3) is 11.5 Å². The second-order valence-corrected chi connectivity index (χ2v) is 7.96. The summed E-state index contributed by atoms with van der Waals surface area (Å²) in [6, 6.07) is 4.25. The molecule has 1 aliphatic rings. The van der Waals surface area contributed by atoms with Crippen LogP contribution in [0.5, 0.6) is 0 Å². The zero-order valence-electron chi connectivity index (χ0n) is 18.9. The molecule has 2 atom stereocenters. The Kier molecular flexibility index (Phi) is 7.93. The summed E-state index contributed by atoms with van der Waals surface area (Å²) in [7, 11) is 0. The lowest BCUT2D eigenvalue weighted by molar-refractivity contribution is -0.140. The standard InChI is InChI=1S/C21H25N7O8/c22-21-26-17-16(19(34)27-21)28(9-15(31)32)12(8-24-17)7-23-11-3-1-10(2-4-11)18(33)25-13(20(35)36)5-6-14(29)30/h1-4,12-13,23H,5-9H2,(H,25,33)(H,29,30)(H,31,32)(H,35,36)(H4,22,24,26,27,34). The second kappa shape index (κ2) is 11.1. The number of carbonyl (C=O) groups is 4. The van der Waals surface area contributed by atoms with Crippen LogP contribution in [0.1, 0.15) is 23.2 Å². The summed E-state index contributed by atoms with van der Waals surface area (Å²) in [4.78, 5) is 66.0. The summed E-state index contributed by atoms with van der Waals surface area (Å²) in [5, 5.41) is 35.6. The molecule has 2 aromatic rings. The highest BCUT2D eigenvalue weighted by atomic mass is 16.4. The zero-order chi connectivity index (χ0) is 26.4. The zero-order valence-corrected chi connectivity index (χ0v) is 18.9. The van der Waals surface area contributed by atoms with Crippen molar-refractivity contribution in [3.63, 3.8) is 0 Å². The van der Waals surface area contributed by atoms with Gasteiger partial charge >= 0.3 is 17.9 Å². The van der Waals surface area contributed by atoms with Crippen LogP contribution in [-0.2, 0) is 14.4 Å². The highest BCUT2D eigenvalue weighted by Gasteiger charge is 2.31. The minimum atomic E-state index is -1.35. The third-order valence-corrected chi connectivity index (χ3v) is 5.39. The van der Waals surface area contributed by atoms with Gasteiger partial charge in [-0.25, -0.2) is 4.79 Å². The van der Waals surface area contributed by atoms with Gasteiger partial charge in [-0.1, -0.05) is 0 Å². The average molecular weight is 503 g/mol. The van der Waals surface area contributed by atoms with Gasteiger partial charge in [0.05, 0.1) is 6.04 Å². The quantitative estimate of drug-likeness (QED) is 0.187. The molecule has 0 radical (unpaired) electrons. The number of fused-ring (bicyclic) bond motifs is 1. The van der Waals surface area contributed by atoms with Crippen molar-refractivity contribution in [2.75, 3.05) is 40.9 Å². The van der Waals surface area contributed by atoms with Crippen LogP contribution < -0.4 is 32.1 Å². The van der Waals surface area contributed by atoms with E-state index in [0.29, 0.717) is 5.69 Å². The van der Waals surface area contributed by atoms with Crippen molar-refractivity contribution in [2.24, 2.45) is 0 Å². The number of aromatic amines is 1. The molecule has 36 heavy (non-hydrogen) atoms. The molecular formula is C21H25N7O8. The first-order chi connectivity index (χ1) is 17.0. The number of nitrogens with two attached hydrogens (primary N) is 1. The number of H-pyrrole nitrogens is 1. The number of nitrogens with zero attached hydrogens (tertiary/aromatic N) is 2. The lowest BCUT2D eigenvalue weighted by Gasteiger charge is -2.37. The van der Waals surface area contributed by atoms with Gasteiger partial charge in [-0.15, -0.1) is 0 Å². The van der Waals surface area contributed by atoms with Crippen LogP contribution in [0.2, 0.25) is 0 Å². The fraction of sp³-hybridized carbons (Fsp3) is 0.333. The van der Waals surface area contributed by atoms with E-state index in [1.54, 1.807) is 12.1 Å². The van der Waals surface area contributed by atoms with Gasteiger partial charge in [0, 0.05) is 30.8 Å². The van der Waals surface area contributed by atoms with E-state index in [2.05, 4.69) is 25.9 Å². The largest absolute Gasteiger partial charge is 0.481 e. The van der Waals surface area contributed by atoms with E-state index in [1.807, 2.05) is 0 Å². The van der Waals surface area contributed by atoms with E-state index in [-0.39, 0.29) is 42.5 Å². The van der Waals surface area contributed by atoms with E-state index in [4.69, 9.17) is 10.8 Å². The van der Waals surface area contributed by atoms with E-state index in [1.165, 1.54) is 17.0 Å². The first-order valence-corrected chi connectivity index (χ1v) is 10.8. The molecule has 0 saturated carbocycles. The third kappa shape index (κ3) is 6.40. The molecule has 15 heteroatoms. The van der Waals surface area contributed by atoms with E-state index in [9.17, 15) is 34.2 Å². The Morgan fingerprint density at radius 2 is 1.83 bits per heavy atom. The summed E-state index contributed by atoms with van der Waals surface area (Å²) < 4.78 is 0. The van der Waals surface area contributed by atoms with Crippen molar-refractivity contribution in [2.45, 2.75) is 24.9 Å². The smallest absolute Gasteiger partial charge is 0.326 e. The molecule has 0 aliphatic carbocycles. The van der Waals surface area contributed by atoms with Crippen LogP contribution in [0.15, 0.2) is 29.1 Å². The topological polar surface area (TPSA) is 240 Å². The van der Waals surface area contributed by atoms with E-state index in [0.717, 1.165) is 0 Å². The van der Waals surface area contributed by atoms with Gasteiger partial charge in [0.15, 0.2) is 5.82 Å². The van der Waals surface area contributed by atoms with Crippen LogP contribution in [-0.4, -0.2) is 80.8 Å². The van der Waals surface area contributed by atoms with E-state index >= 15 is 0 Å². The van der Waals surface area contributed by atoms with Gasteiger partial charge < -0.3 is 41.9 Å². The predicted molar refractivity (Wildman–Crippen MR) is 127 cm³/mol. The first kappa shape index (κ1) is 25.8. The lowest BCUT2D eigenvalue weighted by atomic mass is 10.1. The van der Waals surface area contributed by atoms with Gasteiger partial charge in [0.1, 0.15) is 18.3 Å². The number of benzene rings is 1. The maximum atomic E-state index is 12.4. The summed E-state index contributed by atoms with van der Waals surface area (Å²) in [5.41, 5.74) is 5.80. The number of aromatic nitrogens is 2. The highest BCUT2D eigenvalue weighted by Crippen LogP contribution is 2.26. The molecule has 1 aliphatic heterocycles. The monoisotopic (exact) mass is 503 g/mol. The Labute approximate surface area is 203 Å². The molecule has 0 fully saturated rings. The van der Waals surface area contributed by atoms with Crippen molar-refractivity contribution in [3.8, 4) is 0 Å². The maximum Gasteiger partial charge on any atom is 0.326 e. The minimum Gasteiger partial charge on any atom is -0.481 e. The number of hydrogen-bond donors (Lipinski definition) is 8. The van der Waals surface area contributed by atoms with Crippen molar-refractivity contribution in [3.05, 3.63) is 40.2 Å². The number of anilines is 4. The molecule has 1 aromatic heterocycles. The van der Waals surface area contributed by atoms with Crippen LogP contribution in [0, 0.1) is 0 Å². The molecule has 9 N–H and O–H groups in total. The van der Waals surface area contributed by atoms with Gasteiger partial charge in [-0.3, -0.25) is 24.2 Å². The molecule has 2 heterocycles. The Morgan fingerprint density at radius 1 is 1.14 bits per heavy atom. The molecule has 0 spiro atoms. The molecule has 3 rings (SSSR count). The molecule has 2 unspecified atom stereocenters. The van der Waals surface area contributed by atoms with Gasteiger partial charge in [-0.2, -0.15) is 4.98 Å². The fourth-order valence-electron chi connectivity index (χ4n) is 3.66. The van der Waals surface area contributed by atoms with Crippen molar-refractivity contribution in [1.82, 2.24) is 15.3 Å². The Hall–Kier alpha value is -4.82. The number of nitrogen functional groups attached to an aromatic ring is 1. The Balaban J connectivity index is 1.66. The summed E-state index contributed by atoms with van der Waals surface area (Å²) in [5.74, 6) is -4.23. The van der Waals surface area contributed by atoms with Crippen molar-refractivity contribution in [1.29, 1.82) is 0 Å². The average Bonchev–Trinajstić information content (AvgIpc) is 2.80. The Bertz CT molecular complexity index is 1210. The number of carbonyl (C=O) groups excluding carboxylic acids is 1. The molecular weight excluding hydrogens is 478 g/mol. The molecule has 15 nitrogen and oxygen atoms in total. The summed E-state index contributed by atoms with van der Waals surface area (Å²) in [6.07, 6.45) is -0.665. The van der Waals surface area contributed by atoms with Crippen molar-refractivity contribution < 1.29 is 34.5 Å². The molecule has 0 saturated heterocycles. The van der Waals surface area contributed by atoms with Crippen LogP contribution in [0.4, 0.5) is 23.1 Å². The molecule has 0 bridgehead atoms. The Morgan fingerprint density at radius 3 is 2.44 bits per heavy atom. The molecule has 1 amide bonds. The van der Waals surface area contributed by atoms with Crippen LogP contribution in [0.3, 0.4) is 0 Å². The lowest BCUT2D eigenvalue weighted by Crippen LogP contribution is -2.52. The van der Waals surface area contributed by atoms with Crippen molar-refractivity contribution >= 4 is 47.0 Å². The van der Waals surface area contributed by atoms with E-state index < -0.39 is 54.4 Å². The number of carboxylic acid groups (broad SMARTS) is 3. The number of amides is 1. The normalized spacial score (nSPS) is 15.2. The highest BCUT2D eigenvalue weighted by molar-refractivity contribution is 5.97. The summed E-state index contributed by atoms with van der Waals surface area (Å²) >= 11 is 0. The number of carboxylic acids is 3. The second-order valence-electron chi connectivity index (χ2n) is 7.96. The molecule has 192 valence electrons. The van der Waals surface area contributed by atoms with Gasteiger partial charge in [0.2, 0.25) is 5.95 Å². The van der Waals surface area contributed by atoms with Crippen LogP contribution in [0.25, 0.3) is 0 Å². The number of hydrogen-bond acceptors (Lipinski definition) is 10. The first-order valence-electron chi connectivity index (χ1n) is 10.8. The maximum absolute atomic E-state index is 12.4. The summed E-state index contributed by atoms with van der Waals surface area (Å²) in [6.45, 7) is 0.0589. The van der Waals surface area contributed by atoms with Gasteiger partial charge in [-0.05, 0) is 30.7 Å². The number of rotatable bonds is 11. The number of nitrogens with one attached hydrogen (secondary N) is 4. The SMILES string of the molecule is Nc1nc2c(c(=O)[nH]1)N(CC(=O)O)C(CNc1ccc(C(=O)NC(CCC(=O)O)C(=O)O)cc1)CN2. The third-order valence-electron chi connectivity index (χ3n) is 5.39. The molecule has 1 aromatic carbocycles. The fourth-order valence-corrected chi connectivity index (χ4v) is 3.66. The predicted octanol–water partition coefficient (Wildman–Crippen LogP) is -0.803. The van der Waals surface area contributed by atoms with Crippen LogP contribution >= 0.6 is 0 Å².